The summed E-state index contributed by atoms with van der Waals surface area (Å²) in [6.45, 7) is 4.38. The fourth-order valence-electron chi connectivity index (χ4n) is 2.24. The second-order valence-corrected chi connectivity index (χ2v) is 4.53. The molecule has 1 aliphatic rings. The van der Waals surface area contributed by atoms with E-state index in [1.165, 1.54) is 5.56 Å². The third-order valence-electron chi connectivity index (χ3n) is 3.22. The van der Waals surface area contributed by atoms with Crippen LogP contribution in [0.2, 0.25) is 0 Å². The standard InChI is InChI=1S/C13H18N2O.ClH/c1-9(8-14)13(16)15-10(2)7-11-5-3-4-6-12(11)15;/h3-6,9-10H,7-8,14H2,1-2H3;1H. The molecule has 0 saturated carbocycles. The molecule has 2 rings (SSSR count). The van der Waals surface area contributed by atoms with Crippen LogP contribution in [0.15, 0.2) is 24.3 Å². The number of para-hydroxylation sites is 1. The van der Waals surface area contributed by atoms with Gasteiger partial charge in [-0.2, -0.15) is 0 Å². The van der Waals surface area contributed by atoms with Gasteiger partial charge in [0.05, 0.1) is 0 Å². The Balaban J connectivity index is 0.00000144. The molecule has 0 spiro atoms. The van der Waals surface area contributed by atoms with Crippen LogP contribution in [-0.4, -0.2) is 18.5 Å². The van der Waals surface area contributed by atoms with Crippen LogP contribution in [0.3, 0.4) is 0 Å². The molecule has 0 radical (unpaired) electrons. The van der Waals surface area contributed by atoms with Gasteiger partial charge >= 0.3 is 0 Å². The molecule has 2 N–H and O–H groups in total. The topological polar surface area (TPSA) is 46.3 Å². The van der Waals surface area contributed by atoms with Gasteiger partial charge in [-0.15, -0.1) is 12.4 Å². The molecule has 1 amide bonds. The fraction of sp³-hybridized carbons (Fsp3) is 0.462. The Hall–Kier alpha value is -1.06. The summed E-state index contributed by atoms with van der Waals surface area (Å²) in [6, 6.07) is 8.35. The first-order valence-electron chi connectivity index (χ1n) is 5.76. The van der Waals surface area contributed by atoms with Gasteiger partial charge in [-0.3, -0.25) is 4.79 Å². The maximum Gasteiger partial charge on any atom is 0.231 e. The third kappa shape index (κ3) is 2.45. The summed E-state index contributed by atoms with van der Waals surface area (Å²) in [4.78, 5) is 14.1. The number of nitrogens with two attached hydrogens (primary N) is 1. The van der Waals surface area contributed by atoms with Gasteiger partial charge < -0.3 is 10.6 Å². The zero-order valence-corrected chi connectivity index (χ0v) is 11.0. The van der Waals surface area contributed by atoms with Crippen LogP contribution in [0.5, 0.6) is 0 Å². The van der Waals surface area contributed by atoms with E-state index in [2.05, 4.69) is 13.0 Å². The van der Waals surface area contributed by atoms with Crippen molar-refractivity contribution in [3.05, 3.63) is 29.8 Å². The summed E-state index contributed by atoms with van der Waals surface area (Å²) in [5, 5.41) is 0. The van der Waals surface area contributed by atoms with Crippen LogP contribution >= 0.6 is 12.4 Å². The van der Waals surface area contributed by atoms with Crippen molar-refractivity contribution in [2.24, 2.45) is 11.7 Å². The number of anilines is 1. The molecule has 3 nitrogen and oxygen atoms in total. The van der Waals surface area contributed by atoms with Crippen molar-refractivity contribution in [2.75, 3.05) is 11.4 Å². The van der Waals surface area contributed by atoms with Crippen LogP contribution in [-0.2, 0) is 11.2 Å². The van der Waals surface area contributed by atoms with Crippen molar-refractivity contribution in [1.29, 1.82) is 0 Å². The highest BCUT2D eigenvalue weighted by Gasteiger charge is 2.32. The van der Waals surface area contributed by atoms with Gasteiger partial charge in [0, 0.05) is 24.2 Å². The summed E-state index contributed by atoms with van der Waals surface area (Å²) < 4.78 is 0. The molecule has 1 aromatic carbocycles. The summed E-state index contributed by atoms with van der Waals surface area (Å²) >= 11 is 0. The van der Waals surface area contributed by atoms with E-state index in [-0.39, 0.29) is 30.3 Å². The maximum absolute atomic E-state index is 12.2. The molecule has 17 heavy (non-hydrogen) atoms. The number of fused-ring (bicyclic) bond motifs is 1. The lowest BCUT2D eigenvalue weighted by Gasteiger charge is -2.25. The number of hydrogen-bond acceptors (Lipinski definition) is 2. The van der Waals surface area contributed by atoms with E-state index >= 15 is 0 Å². The van der Waals surface area contributed by atoms with E-state index in [4.69, 9.17) is 5.73 Å². The lowest BCUT2D eigenvalue weighted by molar-refractivity contribution is -0.121. The van der Waals surface area contributed by atoms with Gasteiger partial charge in [0.1, 0.15) is 0 Å². The number of nitrogens with zero attached hydrogens (tertiary/aromatic N) is 1. The number of rotatable bonds is 2. The van der Waals surface area contributed by atoms with E-state index in [1.807, 2.05) is 30.0 Å². The Morgan fingerprint density at radius 2 is 2.18 bits per heavy atom. The Morgan fingerprint density at radius 3 is 2.82 bits per heavy atom. The summed E-state index contributed by atoms with van der Waals surface area (Å²) in [5.74, 6) is 0.0357. The highest BCUT2D eigenvalue weighted by Crippen LogP contribution is 2.32. The third-order valence-corrected chi connectivity index (χ3v) is 3.22. The maximum atomic E-state index is 12.2. The van der Waals surface area contributed by atoms with Crippen LogP contribution in [0.1, 0.15) is 19.4 Å². The Morgan fingerprint density at radius 1 is 1.53 bits per heavy atom. The highest BCUT2D eigenvalue weighted by atomic mass is 35.5. The van der Waals surface area contributed by atoms with Crippen molar-refractivity contribution < 1.29 is 4.79 Å². The highest BCUT2D eigenvalue weighted by molar-refractivity contribution is 5.97. The van der Waals surface area contributed by atoms with Crippen molar-refractivity contribution in [3.8, 4) is 0 Å². The molecule has 0 fully saturated rings. The van der Waals surface area contributed by atoms with Gasteiger partial charge in [-0.25, -0.2) is 0 Å². The van der Waals surface area contributed by atoms with Crippen molar-refractivity contribution in [2.45, 2.75) is 26.3 Å². The lowest BCUT2D eigenvalue weighted by Crippen LogP contribution is -2.41. The molecular formula is C13H19ClN2O. The summed E-state index contributed by atoms with van der Waals surface area (Å²) in [6.07, 6.45) is 0.944. The quantitative estimate of drug-likeness (QED) is 0.877. The van der Waals surface area contributed by atoms with Gasteiger partial charge in [0.2, 0.25) is 5.91 Å². The second-order valence-electron chi connectivity index (χ2n) is 4.53. The predicted molar refractivity (Wildman–Crippen MR) is 72.6 cm³/mol. The van der Waals surface area contributed by atoms with E-state index in [0.717, 1.165) is 12.1 Å². The molecule has 0 bridgehead atoms. The number of carbonyl (C=O) groups excluding carboxylic acids is 1. The molecule has 0 saturated heterocycles. The van der Waals surface area contributed by atoms with Crippen LogP contribution in [0.25, 0.3) is 0 Å². The van der Waals surface area contributed by atoms with E-state index < -0.39 is 0 Å². The zero-order valence-electron chi connectivity index (χ0n) is 10.2. The SMILES string of the molecule is CC(CN)C(=O)N1c2ccccc2CC1C.Cl. The normalized spacial score (nSPS) is 19.5. The number of amides is 1. The number of benzene rings is 1. The lowest BCUT2D eigenvalue weighted by atomic mass is 10.1. The minimum Gasteiger partial charge on any atom is -0.330 e. The Bertz CT molecular complexity index is 408. The molecule has 0 aromatic heterocycles. The van der Waals surface area contributed by atoms with Crippen molar-refractivity contribution in [3.63, 3.8) is 0 Å². The van der Waals surface area contributed by atoms with Gasteiger partial charge in [-0.05, 0) is 25.0 Å². The minimum absolute atomic E-state index is 0. The zero-order chi connectivity index (χ0) is 11.7. The summed E-state index contributed by atoms with van der Waals surface area (Å²) in [5.41, 5.74) is 7.87. The molecule has 94 valence electrons. The fourth-order valence-corrected chi connectivity index (χ4v) is 2.24. The van der Waals surface area contributed by atoms with Crippen LogP contribution in [0, 0.1) is 5.92 Å². The first-order chi connectivity index (χ1) is 7.65. The van der Waals surface area contributed by atoms with E-state index in [9.17, 15) is 4.79 Å². The van der Waals surface area contributed by atoms with Gasteiger partial charge in [0.25, 0.3) is 0 Å². The van der Waals surface area contributed by atoms with Gasteiger partial charge in [-0.1, -0.05) is 25.1 Å². The molecule has 2 unspecified atom stereocenters. The first kappa shape index (κ1) is 14.0. The molecule has 1 aliphatic heterocycles. The van der Waals surface area contributed by atoms with Crippen LogP contribution < -0.4 is 10.6 Å². The Kier molecular flexibility index (Phi) is 4.54. The molecule has 1 aromatic rings. The van der Waals surface area contributed by atoms with Crippen LogP contribution in [0.4, 0.5) is 5.69 Å². The molecule has 1 heterocycles. The minimum atomic E-state index is -0.103. The monoisotopic (exact) mass is 254 g/mol. The average molecular weight is 255 g/mol. The Labute approximate surface area is 108 Å². The number of halogens is 1. The summed E-state index contributed by atoms with van der Waals surface area (Å²) in [7, 11) is 0. The van der Waals surface area contributed by atoms with E-state index in [0.29, 0.717) is 6.54 Å². The second kappa shape index (κ2) is 5.52. The van der Waals surface area contributed by atoms with Crippen molar-refractivity contribution >= 4 is 24.0 Å². The molecule has 0 aliphatic carbocycles. The average Bonchev–Trinajstić information content (AvgIpc) is 2.63. The first-order valence-corrected chi connectivity index (χ1v) is 5.76. The number of carbonyl (C=O) groups is 1. The molecule has 4 heteroatoms. The van der Waals surface area contributed by atoms with Crippen molar-refractivity contribution in [1.82, 2.24) is 0 Å². The largest absolute Gasteiger partial charge is 0.330 e. The van der Waals surface area contributed by atoms with E-state index in [1.54, 1.807) is 0 Å². The molecule has 2 atom stereocenters. The van der Waals surface area contributed by atoms with Gasteiger partial charge in [0.15, 0.2) is 0 Å². The predicted octanol–water partition coefficient (Wildman–Crippen LogP) is 1.98. The molecular weight excluding hydrogens is 236 g/mol. The smallest absolute Gasteiger partial charge is 0.231 e. The number of hydrogen-bond donors (Lipinski definition) is 1.